The second kappa shape index (κ2) is 6.23. The standard InChI is InChI=1S/C13H19N3O2S/c1-8-11(12(17)18)7-14-13(15-8)16-9-3-5-10(19-2)6-4-9/h7,9-10H,3-6H2,1-2H3,(H,17,18)(H,14,15,16). The Kier molecular flexibility index (Phi) is 4.63. The van der Waals surface area contributed by atoms with Crippen LogP contribution < -0.4 is 5.32 Å². The molecule has 2 N–H and O–H groups in total. The highest BCUT2D eigenvalue weighted by Gasteiger charge is 2.21. The van der Waals surface area contributed by atoms with E-state index in [1.54, 1.807) is 6.92 Å². The summed E-state index contributed by atoms with van der Waals surface area (Å²) in [5.74, 6) is -0.445. The number of aromatic nitrogens is 2. The van der Waals surface area contributed by atoms with Crippen molar-refractivity contribution in [2.75, 3.05) is 11.6 Å². The zero-order valence-electron chi connectivity index (χ0n) is 11.2. The fraction of sp³-hybridized carbons (Fsp3) is 0.615. The Morgan fingerprint density at radius 1 is 1.42 bits per heavy atom. The molecule has 1 aromatic rings. The average Bonchev–Trinajstić information content (AvgIpc) is 2.39. The summed E-state index contributed by atoms with van der Waals surface area (Å²) < 4.78 is 0. The van der Waals surface area contributed by atoms with Crippen LogP contribution in [0.4, 0.5) is 5.95 Å². The van der Waals surface area contributed by atoms with Gasteiger partial charge < -0.3 is 10.4 Å². The number of carboxylic acid groups (broad SMARTS) is 1. The van der Waals surface area contributed by atoms with Gasteiger partial charge in [-0.1, -0.05) is 0 Å². The Morgan fingerprint density at radius 2 is 2.11 bits per heavy atom. The Hall–Kier alpha value is -1.30. The van der Waals surface area contributed by atoms with Crippen LogP contribution in [0.2, 0.25) is 0 Å². The maximum absolute atomic E-state index is 10.9. The fourth-order valence-electron chi connectivity index (χ4n) is 2.37. The van der Waals surface area contributed by atoms with Gasteiger partial charge in [-0.25, -0.2) is 14.8 Å². The summed E-state index contributed by atoms with van der Waals surface area (Å²) in [6.45, 7) is 1.70. The zero-order chi connectivity index (χ0) is 13.8. The lowest BCUT2D eigenvalue weighted by atomic mass is 9.95. The molecule has 6 heteroatoms. The summed E-state index contributed by atoms with van der Waals surface area (Å²) in [6, 6.07) is 0.401. The molecule has 104 valence electrons. The van der Waals surface area contributed by atoms with Gasteiger partial charge in [0.15, 0.2) is 0 Å². The van der Waals surface area contributed by atoms with Crippen LogP contribution in [0.3, 0.4) is 0 Å². The van der Waals surface area contributed by atoms with Gasteiger partial charge in [0.05, 0.1) is 11.3 Å². The lowest BCUT2D eigenvalue weighted by molar-refractivity contribution is 0.0695. The lowest BCUT2D eigenvalue weighted by Gasteiger charge is -2.28. The highest BCUT2D eigenvalue weighted by Crippen LogP contribution is 2.28. The van der Waals surface area contributed by atoms with Crippen molar-refractivity contribution in [3.63, 3.8) is 0 Å². The predicted molar refractivity (Wildman–Crippen MR) is 76.9 cm³/mol. The summed E-state index contributed by atoms with van der Waals surface area (Å²) in [5, 5.41) is 13.0. The van der Waals surface area contributed by atoms with Crippen LogP contribution in [0.1, 0.15) is 41.7 Å². The summed E-state index contributed by atoms with van der Waals surface area (Å²) in [4.78, 5) is 19.2. The van der Waals surface area contributed by atoms with Crippen LogP contribution >= 0.6 is 11.8 Å². The van der Waals surface area contributed by atoms with Gasteiger partial charge in [-0.2, -0.15) is 11.8 Å². The van der Waals surface area contributed by atoms with Crippen molar-refractivity contribution in [2.45, 2.75) is 43.9 Å². The Balaban J connectivity index is 1.97. The third-order valence-corrected chi connectivity index (χ3v) is 4.69. The molecule has 1 saturated carbocycles. The number of aryl methyl sites for hydroxylation is 1. The minimum atomic E-state index is -0.982. The molecule has 5 nitrogen and oxygen atoms in total. The Bertz CT molecular complexity index is 459. The molecule has 0 atom stereocenters. The number of rotatable bonds is 4. The third-order valence-electron chi connectivity index (χ3n) is 3.55. The van der Waals surface area contributed by atoms with E-state index >= 15 is 0 Å². The number of hydrogen-bond acceptors (Lipinski definition) is 5. The highest BCUT2D eigenvalue weighted by atomic mass is 32.2. The first-order valence-electron chi connectivity index (χ1n) is 6.46. The molecule has 1 aliphatic carbocycles. The second-order valence-electron chi connectivity index (χ2n) is 4.85. The topological polar surface area (TPSA) is 75.1 Å². The summed E-state index contributed by atoms with van der Waals surface area (Å²) in [5.41, 5.74) is 0.666. The van der Waals surface area contributed by atoms with Crippen molar-refractivity contribution in [1.82, 2.24) is 9.97 Å². The second-order valence-corrected chi connectivity index (χ2v) is 5.99. The Labute approximate surface area is 117 Å². The number of carbonyl (C=O) groups is 1. The number of anilines is 1. The van der Waals surface area contributed by atoms with Crippen LogP contribution in [0.25, 0.3) is 0 Å². The van der Waals surface area contributed by atoms with E-state index in [1.807, 2.05) is 11.8 Å². The van der Waals surface area contributed by atoms with Crippen LogP contribution in [0.5, 0.6) is 0 Å². The lowest BCUT2D eigenvalue weighted by Crippen LogP contribution is -2.28. The van der Waals surface area contributed by atoms with Crippen LogP contribution in [0.15, 0.2) is 6.20 Å². The molecule has 0 amide bonds. The molecule has 0 aromatic carbocycles. The van der Waals surface area contributed by atoms with Crippen molar-refractivity contribution in [2.24, 2.45) is 0 Å². The molecular formula is C13H19N3O2S. The largest absolute Gasteiger partial charge is 0.478 e. The molecule has 1 aliphatic rings. The molecule has 0 unspecified atom stereocenters. The average molecular weight is 281 g/mol. The van der Waals surface area contributed by atoms with Gasteiger partial charge in [0.2, 0.25) is 5.95 Å². The van der Waals surface area contributed by atoms with Gasteiger partial charge >= 0.3 is 5.97 Å². The first-order valence-corrected chi connectivity index (χ1v) is 7.75. The molecule has 0 saturated heterocycles. The third kappa shape index (κ3) is 3.59. The van der Waals surface area contributed by atoms with Gasteiger partial charge in [-0.05, 0) is 38.9 Å². The van der Waals surface area contributed by atoms with E-state index in [-0.39, 0.29) is 5.56 Å². The van der Waals surface area contributed by atoms with Gasteiger partial charge in [0.1, 0.15) is 0 Å². The fourth-order valence-corrected chi connectivity index (χ4v) is 3.12. The van der Waals surface area contributed by atoms with Gasteiger partial charge in [0, 0.05) is 17.5 Å². The van der Waals surface area contributed by atoms with Crippen LogP contribution in [-0.2, 0) is 0 Å². The molecule has 0 aliphatic heterocycles. The van der Waals surface area contributed by atoms with Crippen LogP contribution in [0, 0.1) is 6.92 Å². The maximum Gasteiger partial charge on any atom is 0.339 e. The first kappa shape index (κ1) is 14.1. The number of nitrogens with one attached hydrogen (secondary N) is 1. The number of aromatic carboxylic acids is 1. The summed E-state index contributed by atoms with van der Waals surface area (Å²) in [6.07, 6.45) is 8.20. The maximum atomic E-state index is 10.9. The molecular weight excluding hydrogens is 262 g/mol. The molecule has 19 heavy (non-hydrogen) atoms. The van der Waals surface area contributed by atoms with Gasteiger partial charge in [-0.15, -0.1) is 0 Å². The quantitative estimate of drug-likeness (QED) is 0.883. The van der Waals surface area contributed by atoms with Crippen molar-refractivity contribution in [3.8, 4) is 0 Å². The van der Waals surface area contributed by atoms with E-state index < -0.39 is 5.97 Å². The normalized spacial score (nSPS) is 23.1. The monoisotopic (exact) mass is 281 g/mol. The number of hydrogen-bond donors (Lipinski definition) is 2. The van der Waals surface area contributed by atoms with E-state index in [9.17, 15) is 4.79 Å². The zero-order valence-corrected chi connectivity index (χ0v) is 12.0. The SMILES string of the molecule is CSC1CCC(Nc2ncc(C(=O)O)c(C)n2)CC1. The summed E-state index contributed by atoms with van der Waals surface area (Å²) >= 11 is 1.94. The minimum absolute atomic E-state index is 0.164. The van der Waals surface area contributed by atoms with Gasteiger partial charge in [-0.3, -0.25) is 0 Å². The molecule has 1 fully saturated rings. The Morgan fingerprint density at radius 3 is 2.63 bits per heavy atom. The van der Waals surface area contributed by atoms with Crippen molar-refractivity contribution >= 4 is 23.7 Å². The number of nitrogens with zero attached hydrogens (tertiary/aromatic N) is 2. The number of thioether (sulfide) groups is 1. The minimum Gasteiger partial charge on any atom is -0.478 e. The molecule has 1 aromatic heterocycles. The van der Waals surface area contributed by atoms with E-state index in [1.165, 1.54) is 19.0 Å². The first-order chi connectivity index (χ1) is 9.10. The highest BCUT2D eigenvalue weighted by molar-refractivity contribution is 7.99. The smallest absolute Gasteiger partial charge is 0.339 e. The predicted octanol–water partition coefficient (Wildman–Crippen LogP) is 2.57. The van der Waals surface area contributed by atoms with Crippen molar-refractivity contribution in [1.29, 1.82) is 0 Å². The van der Waals surface area contributed by atoms with E-state index in [0.717, 1.165) is 18.1 Å². The van der Waals surface area contributed by atoms with E-state index in [4.69, 9.17) is 5.11 Å². The molecule has 0 radical (unpaired) electrons. The van der Waals surface area contributed by atoms with Crippen molar-refractivity contribution < 1.29 is 9.90 Å². The summed E-state index contributed by atoms with van der Waals surface area (Å²) in [7, 11) is 0. The molecule has 0 spiro atoms. The molecule has 1 heterocycles. The molecule has 2 rings (SSSR count). The van der Waals surface area contributed by atoms with Crippen molar-refractivity contribution in [3.05, 3.63) is 17.5 Å². The van der Waals surface area contributed by atoms with Crippen LogP contribution in [-0.4, -0.2) is 38.6 Å². The molecule has 0 bridgehead atoms. The number of carboxylic acids is 1. The van der Waals surface area contributed by atoms with E-state index in [0.29, 0.717) is 17.7 Å². The van der Waals surface area contributed by atoms with E-state index in [2.05, 4.69) is 21.5 Å². The van der Waals surface area contributed by atoms with Gasteiger partial charge in [0.25, 0.3) is 0 Å².